The summed E-state index contributed by atoms with van der Waals surface area (Å²) in [6.07, 6.45) is 0.683. The van der Waals surface area contributed by atoms with E-state index in [0.717, 1.165) is 5.56 Å². The zero-order chi connectivity index (χ0) is 15.2. The zero-order valence-corrected chi connectivity index (χ0v) is 11.7. The van der Waals surface area contributed by atoms with Crippen LogP contribution in [-0.4, -0.2) is 10.8 Å². The molecule has 0 fully saturated rings. The average Bonchev–Trinajstić information content (AvgIpc) is 2.49. The van der Waals surface area contributed by atoms with Gasteiger partial charge in [-0.05, 0) is 24.1 Å². The van der Waals surface area contributed by atoms with Crippen molar-refractivity contribution < 1.29 is 9.72 Å². The number of hydrogen-bond acceptors (Lipinski definition) is 3. The molecule has 0 aliphatic carbocycles. The third-order valence-corrected chi connectivity index (χ3v) is 3.27. The van der Waals surface area contributed by atoms with E-state index in [9.17, 15) is 14.9 Å². The summed E-state index contributed by atoms with van der Waals surface area (Å²) in [4.78, 5) is 22.4. The zero-order valence-electron chi connectivity index (χ0n) is 11.7. The van der Waals surface area contributed by atoms with Crippen LogP contribution in [0.2, 0.25) is 0 Å². The standard InChI is InChI=1S/C16H16N2O3/c1-2-15(12-6-4-3-5-7-12)16(19)17-13-8-10-14(11-9-13)18(20)21/h3-11,15H,2H2,1H3,(H,17,19). The van der Waals surface area contributed by atoms with Crippen molar-refractivity contribution in [3.8, 4) is 0 Å². The van der Waals surface area contributed by atoms with Crippen LogP contribution in [0.3, 0.4) is 0 Å². The van der Waals surface area contributed by atoms with Gasteiger partial charge >= 0.3 is 0 Å². The Morgan fingerprint density at radius 2 is 1.76 bits per heavy atom. The Morgan fingerprint density at radius 3 is 2.29 bits per heavy atom. The topological polar surface area (TPSA) is 72.2 Å². The molecular formula is C16H16N2O3. The maximum Gasteiger partial charge on any atom is 0.269 e. The second-order valence-corrected chi connectivity index (χ2v) is 4.66. The number of non-ortho nitro benzene ring substituents is 1. The lowest BCUT2D eigenvalue weighted by molar-refractivity contribution is -0.384. The van der Waals surface area contributed by atoms with Crippen molar-refractivity contribution in [2.75, 3.05) is 5.32 Å². The van der Waals surface area contributed by atoms with Gasteiger partial charge in [-0.3, -0.25) is 14.9 Å². The molecule has 1 amide bonds. The molecule has 2 aromatic carbocycles. The minimum atomic E-state index is -0.468. The summed E-state index contributed by atoms with van der Waals surface area (Å²) in [7, 11) is 0. The minimum Gasteiger partial charge on any atom is -0.326 e. The van der Waals surface area contributed by atoms with Crippen LogP contribution in [0.1, 0.15) is 24.8 Å². The highest BCUT2D eigenvalue weighted by atomic mass is 16.6. The number of nitrogens with one attached hydrogen (secondary N) is 1. The van der Waals surface area contributed by atoms with Crippen LogP contribution in [0, 0.1) is 10.1 Å². The van der Waals surface area contributed by atoms with E-state index < -0.39 is 4.92 Å². The summed E-state index contributed by atoms with van der Waals surface area (Å²) < 4.78 is 0. The van der Waals surface area contributed by atoms with Gasteiger partial charge in [0.05, 0.1) is 10.8 Å². The number of amides is 1. The first-order valence-corrected chi connectivity index (χ1v) is 6.72. The molecule has 5 nitrogen and oxygen atoms in total. The van der Waals surface area contributed by atoms with Crippen molar-refractivity contribution >= 4 is 17.3 Å². The molecule has 1 unspecified atom stereocenters. The van der Waals surface area contributed by atoms with Crippen LogP contribution in [0.25, 0.3) is 0 Å². The molecule has 0 aliphatic rings. The number of rotatable bonds is 5. The molecule has 2 rings (SSSR count). The van der Waals surface area contributed by atoms with Crippen LogP contribution in [0.5, 0.6) is 0 Å². The van der Waals surface area contributed by atoms with E-state index in [1.54, 1.807) is 0 Å². The van der Waals surface area contributed by atoms with E-state index in [1.807, 2.05) is 37.3 Å². The number of carbonyl (C=O) groups is 1. The number of benzene rings is 2. The summed E-state index contributed by atoms with van der Waals surface area (Å²) in [6, 6.07) is 15.4. The van der Waals surface area contributed by atoms with E-state index in [0.29, 0.717) is 12.1 Å². The predicted octanol–water partition coefficient (Wildman–Crippen LogP) is 3.73. The van der Waals surface area contributed by atoms with Crippen molar-refractivity contribution in [1.29, 1.82) is 0 Å². The smallest absolute Gasteiger partial charge is 0.269 e. The van der Waals surface area contributed by atoms with Gasteiger partial charge in [0.1, 0.15) is 0 Å². The van der Waals surface area contributed by atoms with E-state index >= 15 is 0 Å². The second-order valence-electron chi connectivity index (χ2n) is 4.66. The van der Waals surface area contributed by atoms with Crippen molar-refractivity contribution in [3.05, 3.63) is 70.3 Å². The molecule has 2 aromatic rings. The number of nitro groups is 1. The maximum atomic E-state index is 12.3. The average molecular weight is 284 g/mol. The molecule has 0 saturated carbocycles. The van der Waals surface area contributed by atoms with Gasteiger partial charge in [0, 0.05) is 17.8 Å². The fourth-order valence-electron chi connectivity index (χ4n) is 2.15. The molecule has 21 heavy (non-hydrogen) atoms. The number of nitrogens with zero attached hydrogens (tertiary/aromatic N) is 1. The monoisotopic (exact) mass is 284 g/mol. The van der Waals surface area contributed by atoms with Crippen molar-refractivity contribution in [2.24, 2.45) is 0 Å². The summed E-state index contributed by atoms with van der Waals surface area (Å²) in [6.45, 7) is 1.95. The Bertz CT molecular complexity index is 624. The first-order valence-electron chi connectivity index (χ1n) is 6.72. The van der Waals surface area contributed by atoms with Gasteiger partial charge in [0.25, 0.3) is 5.69 Å². The molecule has 0 aliphatic heterocycles. The fraction of sp³-hybridized carbons (Fsp3) is 0.188. The number of nitro benzene ring substituents is 1. The Balaban J connectivity index is 2.11. The molecule has 108 valence electrons. The van der Waals surface area contributed by atoms with Gasteiger partial charge in [-0.2, -0.15) is 0 Å². The van der Waals surface area contributed by atoms with Gasteiger partial charge in [-0.1, -0.05) is 37.3 Å². The van der Waals surface area contributed by atoms with Crippen molar-refractivity contribution in [1.82, 2.24) is 0 Å². The van der Waals surface area contributed by atoms with Crippen LogP contribution < -0.4 is 5.32 Å². The molecule has 0 spiro atoms. The highest BCUT2D eigenvalue weighted by molar-refractivity contribution is 5.95. The number of anilines is 1. The van der Waals surface area contributed by atoms with Gasteiger partial charge in [-0.15, -0.1) is 0 Å². The van der Waals surface area contributed by atoms with Gasteiger partial charge < -0.3 is 5.32 Å². The molecule has 0 radical (unpaired) electrons. The molecule has 5 heteroatoms. The molecular weight excluding hydrogens is 268 g/mol. The Labute approximate surface area is 122 Å². The highest BCUT2D eigenvalue weighted by Gasteiger charge is 2.18. The van der Waals surface area contributed by atoms with Crippen molar-refractivity contribution in [3.63, 3.8) is 0 Å². The van der Waals surface area contributed by atoms with E-state index in [2.05, 4.69) is 5.32 Å². The van der Waals surface area contributed by atoms with Crippen LogP contribution in [0.15, 0.2) is 54.6 Å². The summed E-state index contributed by atoms with van der Waals surface area (Å²) in [5.74, 6) is -0.348. The third-order valence-electron chi connectivity index (χ3n) is 3.27. The molecule has 1 atom stereocenters. The maximum absolute atomic E-state index is 12.3. The van der Waals surface area contributed by atoms with Crippen LogP contribution >= 0.6 is 0 Å². The van der Waals surface area contributed by atoms with E-state index in [4.69, 9.17) is 0 Å². The normalized spacial score (nSPS) is 11.7. The van der Waals surface area contributed by atoms with Gasteiger partial charge in [-0.25, -0.2) is 0 Å². The first kappa shape index (κ1) is 14.7. The Kier molecular flexibility index (Phi) is 4.66. The third kappa shape index (κ3) is 3.66. The van der Waals surface area contributed by atoms with Crippen LogP contribution in [-0.2, 0) is 4.79 Å². The minimum absolute atomic E-state index is 0.00287. The molecule has 0 aromatic heterocycles. The second kappa shape index (κ2) is 6.65. The van der Waals surface area contributed by atoms with Crippen molar-refractivity contribution in [2.45, 2.75) is 19.3 Å². The number of carbonyl (C=O) groups excluding carboxylic acids is 1. The number of hydrogen-bond donors (Lipinski definition) is 1. The van der Waals surface area contributed by atoms with Gasteiger partial charge in [0.2, 0.25) is 5.91 Å². The lowest BCUT2D eigenvalue weighted by Crippen LogP contribution is -2.20. The summed E-state index contributed by atoms with van der Waals surface area (Å²) in [5, 5.41) is 13.4. The van der Waals surface area contributed by atoms with E-state index in [-0.39, 0.29) is 17.5 Å². The molecule has 0 saturated heterocycles. The largest absolute Gasteiger partial charge is 0.326 e. The Morgan fingerprint density at radius 1 is 1.14 bits per heavy atom. The summed E-state index contributed by atoms with van der Waals surface area (Å²) in [5.41, 5.74) is 1.52. The first-order chi connectivity index (χ1) is 10.1. The van der Waals surface area contributed by atoms with Gasteiger partial charge in [0.15, 0.2) is 0 Å². The molecule has 0 heterocycles. The SMILES string of the molecule is CCC(C(=O)Nc1ccc([N+](=O)[O-])cc1)c1ccccc1. The van der Waals surface area contributed by atoms with Crippen LogP contribution in [0.4, 0.5) is 11.4 Å². The lowest BCUT2D eigenvalue weighted by atomic mass is 9.95. The fourth-order valence-corrected chi connectivity index (χ4v) is 2.15. The summed E-state index contributed by atoms with van der Waals surface area (Å²) >= 11 is 0. The molecule has 0 bridgehead atoms. The van der Waals surface area contributed by atoms with E-state index in [1.165, 1.54) is 24.3 Å². The predicted molar refractivity (Wildman–Crippen MR) is 81.2 cm³/mol. The Hall–Kier alpha value is -2.69. The quantitative estimate of drug-likeness (QED) is 0.671. The highest BCUT2D eigenvalue weighted by Crippen LogP contribution is 2.22. The lowest BCUT2D eigenvalue weighted by Gasteiger charge is -2.15. The molecule has 1 N–H and O–H groups in total.